The van der Waals surface area contributed by atoms with Gasteiger partial charge in [-0.1, -0.05) is 138 Å². The minimum atomic E-state index is 0.287. The number of hydrogen-bond donors (Lipinski definition) is 0. The van der Waals surface area contributed by atoms with Crippen LogP contribution in [-0.4, -0.2) is 26.2 Å². The van der Waals surface area contributed by atoms with Crippen molar-refractivity contribution in [2.45, 2.75) is 25.7 Å². The molecule has 7 aromatic rings. The first-order valence-electron chi connectivity index (χ1n) is 15.6. The molecule has 1 aliphatic heterocycles. The second-order valence-corrected chi connectivity index (χ2v) is 11.8. The van der Waals surface area contributed by atoms with E-state index in [9.17, 15) is 0 Å². The molecule has 0 spiro atoms. The van der Waals surface area contributed by atoms with Crippen LogP contribution in [0.2, 0.25) is 0 Å². The van der Waals surface area contributed by atoms with Crippen molar-refractivity contribution in [3.8, 4) is 28.7 Å². The van der Waals surface area contributed by atoms with Crippen LogP contribution in [0.25, 0.3) is 56.1 Å². The summed E-state index contributed by atoms with van der Waals surface area (Å²) in [5.41, 5.74) is 11.5. The minimum absolute atomic E-state index is 0.287. The minimum Gasteiger partial charge on any atom is -0.277 e. The third-order valence-corrected chi connectivity index (χ3v) is 9.36. The molecule has 0 saturated heterocycles. The topological polar surface area (TPSA) is 43.6 Å². The Morgan fingerprint density at radius 2 is 1.16 bits per heavy atom. The summed E-state index contributed by atoms with van der Waals surface area (Å²) in [5.74, 6) is 2.00. The van der Waals surface area contributed by atoms with Crippen molar-refractivity contribution >= 4 is 45.0 Å². The Kier molecular flexibility index (Phi) is 5.83. The zero-order valence-corrected chi connectivity index (χ0v) is 24.3. The SMILES string of the molecule is c1ccc(B2C3=C(CCCC3)c3c2ccc2c4ccccc4n(-c4nc(-c5ccccc5)nc(-c5ccccc5)n4)c32)cc1. The monoisotopic (exact) mass is 564 g/mol. The van der Waals surface area contributed by atoms with Crippen molar-refractivity contribution in [2.24, 2.45) is 0 Å². The molecule has 4 nitrogen and oxygen atoms in total. The zero-order valence-electron chi connectivity index (χ0n) is 24.3. The normalized spacial score (nSPS) is 14.3. The number of fused-ring (bicyclic) bond motifs is 6. The molecule has 2 aliphatic rings. The molecule has 0 radical (unpaired) electrons. The van der Waals surface area contributed by atoms with Gasteiger partial charge in [0.25, 0.3) is 0 Å². The van der Waals surface area contributed by atoms with E-state index in [4.69, 9.17) is 15.0 Å². The maximum Gasteiger partial charge on any atom is 0.238 e. The Hall–Kier alpha value is -5.29. The van der Waals surface area contributed by atoms with Crippen LogP contribution in [0.5, 0.6) is 0 Å². The smallest absolute Gasteiger partial charge is 0.238 e. The van der Waals surface area contributed by atoms with E-state index in [0.29, 0.717) is 17.6 Å². The molecule has 0 fully saturated rings. The first-order chi connectivity index (χ1) is 21.8. The fraction of sp³-hybridized carbons (Fsp3) is 0.103. The van der Waals surface area contributed by atoms with Crippen LogP contribution in [0, 0.1) is 0 Å². The highest BCUT2D eigenvalue weighted by Crippen LogP contribution is 2.44. The number of benzene rings is 5. The lowest BCUT2D eigenvalue weighted by Gasteiger charge is -2.18. The second-order valence-electron chi connectivity index (χ2n) is 11.8. The van der Waals surface area contributed by atoms with Crippen LogP contribution in [0.3, 0.4) is 0 Å². The highest BCUT2D eigenvalue weighted by molar-refractivity contribution is 6.94. The molecule has 0 unspecified atom stereocenters. The third-order valence-electron chi connectivity index (χ3n) is 9.36. The van der Waals surface area contributed by atoms with Crippen LogP contribution in [0.15, 0.2) is 133 Å². The number of hydrogen-bond acceptors (Lipinski definition) is 3. The van der Waals surface area contributed by atoms with Gasteiger partial charge in [-0.3, -0.25) is 4.57 Å². The van der Waals surface area contributed by atoms with Crippen molar-refractivity contribution in [3.63, 3.8) is 0 Å². The summed E-state index contributed by atoms with van der Waals surface area (Å²) in [4.78, 5) is 15.4. The van der Waals surface area contributed by atoms with Gasteiger partial charge in [0.1, 0.15) is 0 Å². The van der Waals surface area contributed by atoms with Crippen LogP contribution in [-0.2, 0) is 0 Å². The van der Waals surface area contributed by atoms with Crippen LogP contribution >= 0.6 is 0 Å². The van der Waals surface area contributed by atoms with Crippen molar-refractivity contribution in [1.29, 1.82) is 0 Å². The summed E-state index contributed by atoms with van der Waals surface area (Å²) in [7, 11) is 0. The van der Waals surface area contributed by atoms with Gasteiger partial charge in [0, 0.05) is 21.9 Å². The number of allylic oxidation sites excluding steroid dienone is 2. The number of rotatable bonds is 4. The predicted octanol–water partition coefficient (Wildman–Crippen LogP) is 7.79. The Bertz CT molecular complexity index is 2160. The third kappa shape index (κ3) is 3.89. The molecule has 0 bridgehead atoms. The van der Waals surface area contributed by atoms with E-state index in [1.54, 1.807) is 5.47 Å². The number of nitrogens with zero attached hydrogens (tertiary/aromatic N) is 4. The van der Waals surface area contributed by atoms with Gasteiger partial charge < -0.3 is 0 Å². The average molecular weight is 565 g/mol. The Labute approximate surface area is 256 Å². The second kappa shape index (κ2) is 10.2. The van der Waals surface area contributed by atoms with E-state index in [-0.39, 0.29) is 6.71 Å². The van der Waals surface area contributed by atoms with Gasteiger partial charge in [-0.25, -0.2) is 4.98 Å². The summed E-state index contributed by atoms with van der Waals surface area (Å²) < 4.78 is 2.32. The van der Waals surface area contributed by atoms with E-state index < -0.39 is 0 Å². The molecule has 0 atom stereocenters. The average Bonchev–Trinajstić information content (AvgIpc) is 3.62. The highest BCUT2D eigenvalue weighted by Gasteiger charge is 2.38. The summed E-state index contributed by atoms with van der Waals surface area (Å²) in [5, 5.41) is 2.46. The first kappa shape index (κ1) is 25.2. The van der Waals surface area contributed by atoms with Gasteiger partial charge in [0.05, 0.1) is 11.0 Å². The zero-order chi connectivity index (χ0) is 29.0. The van der Waals surface area contributed by atoms with E-state index >= 15 is 0 Å². The lowest BCUT2D eigenvalue weighted by Crippen LogP contribution is -2.42. The molecule has 5 aromatic carbocycles. The van der Waals surface area contributed by atoms with Crippen molar-refractivity contribution in [3.05, 3.63) is 138 Å². The first-order valence-corrected chi connectivity index (χ1v) is 15.6. The van der Waals surface area contributed by atoms with Gasteiger partial charge >= 0.3 is 0 Å². The maximum atomic E-state index is 5.20. The largest absolute Gasteiger partial charge is 0.277 e. The molecule has 3 heterocycles. The Balaban J connectivity index is 1.39. The van der Waals surface area contributed by atoms with Crippen LogP contribution in [0.1, 0.15) is 31.2 Å². The Morgan fingerprint density at radius 3 is 1.86 bits per heavy atom. The summed E-state index contributed by atoms with van der Waals surface area (Å²) in [6.07, 6.45) is 4.72. The fourth-order valence-electron chi connectivity index (χ4n) is 7.48. The van der Waals surface area contributed by atoms with Crippen LogP contribution < -0.4 is 10.9 Å². The number of para-hydroxylation sites is 1. The van der Waals surface area contributed by atoms with Crippen molar-refractivity contribution < 1.29 is 0 Å². The van der Waals surface area contributed by atoms with E-state index in [1.807, 2.05) is 36.4 Å². The molecule has 208 valence electrons. The lowest BCUT2D eigenvalue weighted by molar-refractivity contribution is 0.734. The summed E-state index contributed by atoms with van der Waals surface area (Å²) in [6, 6.07) is 45.0. The molecule has 9 rings (SSSR count). The van der Waals surface area contributed by atoms with Crippen molar-refractivity contribution in [1.82, 2.24) is 19.5 Å². The Morgan fingerprint density at radius 1 is 0.545 bits per heavy atom. The molecular weight excluding hydrogens is 535 g/mol. The van der Waals surface area contributed by atoms with Gasteiger partial charge in [-0.05, 0) is 42.9 Å². The lowest BCUT2D eigenvalue weighted by atomic mass is 9.37. The molecule has 0 amide bonds. The van der Waals surface area contributed by atoms with Crippen LogP contribution in [0.4, 0.5) is 0 Å². The van der Waals surface area contributed by atoms with Gasteiger partial charge in [-0.15, -0.1) is 0 Å². The number of aromatic nitrogens is 4. The molecule has 0 saturated carbocycles. The summed E-state index contributed by atoms with van der Waals surface area (Å²) in [6.45, 7) is 0.287. The van der Waals surface area contributed by atoms with E-state index in [0.717, 1.165) is 29.5 Å². The molecule has 0 N–H and O–H groups in total. The van der Waals surface area contributed by atoms with Gasteiger partial charge in [0.2, 0.25) is 12.7 Å². The van der Waals surface area contributed by atoms with Gasteiger partial charge in [-0.2, -0.15) is 9.97 Å². The molecule has 5 heteroatoms. The van der Waals surface area contributed by atoms with E-state index in [2.05, 4.69) is 95.6 Å². The summed E-state index contributed by atoms with van der Waals surface area (Å²) >= 11 is 0. The maximum absolute atomic E-state index is 5.20. The van der Waals surface area contributed by atoms with Gasteiger partial charge in [0.15, 0.2) is 11.6 Å². The standard InChI is InChI=1S/C39H29BN4/c1-4-14-26(15-5-1)37-41-38(27-16-6-2-7-17-27)43-39(42-37)44-34-23-13-11-20-29(34)30-24-25-33-35(36(30)44)31-21-10-12-22-32(31)40(33)28-18-8-3-9-19-28/h1-9,11,13-20,23-25H,10,12,21-22H2. The predicted molar refractivity (Wildman–Crippen MR) is 182 cm³/mol. The molecular formula is C39H29BN4. The molecule has 1 aliphatic carbocycles. The fourth-order valence-corrected chi connectivity index (χ4v) is 7.48. The van der Waals surface area contributed by atoms with Crippen molar-refractivity contribution in [2.75, 3.05) is 0 Å². The molecule has 2 aromatic heterocycles. The van der Waals surface area contributed by atoms with E-state index in [1.165, 1.54) is 51.2 Å². The highest BCUT2D eigenvalue weighted by atomic mass is 15.2. The quantitative estimate of drug-likeness (QED) is 0.205. The molecule has 44 heavy (non-hydrogen) atoms.